The molecule has 0 bridgehead atoms. The van der Waals surface area contributed by atoms with Crippen LogP contribution in [0.4, 0.5) is 5.69 Å². The smallest absolute Gasteiger partial charge is 0.225 e. The van der Waals surface area contributed by atoms with Gasteiger partial charge in [0.05, 0.1) is 17.2 Å². The Kier molecular flexibility index (Phi) is 9.68. The van der Waals surface area contributed by atoms with Gasteiger partial charge >= 0.3 is 0 Å². The van der Waals surface area contributed by atoms with Gasteiger partial charge < -0.3 is 16.0 Å². The molecule has 0 fully saturated rings. The van der Waals surface area contributed by atoms with Crippen molar-refractivity contribution in [2.45, 2.75) is 38.6 Å². The Bertz CT molecular complexity index is 1070. The van der Waals surface area contributed by atoms with Gasteiger partial charge in [0.15, 0.2) is 5.96 Å². The van der Waals surface area contributed by atoms with E-state index in [2.05, 4.69) is 51.7 Å². The third-order valence-electron chi connectivity index (χ3n) is 5.44. The van der Waals surface area contributed by atoms with E-state index in [1.54, 1.807) is 11.3 Å². The van der Waals surface area contributed by atoms with Crippen LogP contribution in [0.2, 0.25) is 0 Å². The lowest BCUT2D eigenvalue weighted by Gasteiger charge is -2.26. The van der Waals surface area contributed by atoms with Crippen molar-refractivity contribution in [3.05, 3.63) is 81.8 Å². The summed E-state index contributed by atoms with van der Waals surface area (Å²) in [6, 6.07) is 18.5. The van der Waals surface area contributed by atoms with Crippen LogP contribution in [0.3, 0.4) is 0 Å². The lowest BCUT2D eigenvalue weighted by molar-refractivity contribution is -0.116. The molecule has 174 valence electrons. The summed E-state index contributed by atoms with van der Waals surface area (Å²) in [4.78, 5) is 21.5. The third kappa shape index (κ3) is 7.26. The summed E-state index contributed by atoms with van der Waals surface area (Å²) in [6.07, 6.45) is 2.41. The molecule has 1 aliphatic rings. The average Bonchev–Trinajstić information content (AvgIpc) is 3.28. The van der Waals surface area contributed by atoms with E-state index >= 15 is 0 Å². The summed E-state index contributed by atoms with van der Waals surface area (Å²) in [5.41, 5.74) is 4.39. The van der Waals surface area contributed by atoms with Crippen molar-refractivity contribution in [2.75, 3.05) is 18.4 Å². The number of nitrogens with one attached hydrogen (secondary N) is 3. The van der Waals surface area contributed by atoms with E-state index in [0.717, 1.165) is 47.3 Å². The minimum absolute atomic E-state index is 0. The molecule has 1 amide bonds. The summed E-state index contributed by atoms with van der Waals surface area (Å²) in [5, 5.41) is 12.9. The molecule has 1 atom stereocenters. The van der Waals surface area contributed by atoms with Gasteiger partial charge in [-0.3, -0.25) is 4.79 Å². The molecule has 1 aromatic heterocycles. The van der Waals surface area contributed by atoms with Crippen molar-refractivity contribution in [1.82, 2.24) is 15.6 Å². The van der Waals surface area contributed by atoms with Gasteiger partial charge in [-0.05, 0) is 30.5 Å². The van der Waals surface area contributed by atoms with Gasteiger partial charge in [-0.1, -0.05) is 48.5 Å². The first kappa shape index (κ1) is 25.2. The number of benzene rings is 2. The number of rotatable bonds is 8. The van der Waals surface area contributed by atoms with Gasteiger partial charge in [0.25, 0.3) is 0 Å². The number of carbonyl (C=O) groups excluding carboxylic acids is 1. The van der Waals surface area contributed by atoms with Crippen LogP contribution in [0.5, 0.6) is 0 Å². The predicted molar refractivity (Wildman–Crippen MR) is 147 cm³/mol. The molecular formula is C25H30IN5OS. The Balaban J connectivity index is 0.00000306. The standard InChI is InChI=1S/C25H29N5OS.HI/c1-2-26-25(27-15-19-14-23(31)30-22-11-7-6-10-21(19)22)28-16-20-17-32-24(29-20)13-12-18-8-4-3-5-9-18;/h3-11,17,19H,2,12-16H2,1H3,(H,30,31)(H2,26,27,28);1H. The van der Waals surface area contributed by atoms with E-state index in [1.165, 1.54) is 5.56 Å². The second-order valence-corrected chi connectivity index (χ2v) is 8.77. The SMILES string of the molecule is CCNC(=NCc1csc(CCc2ccccc2)n1)NCC1CC(=O)Nc2ccccc21.I. The largest absolute Gasteiger partial charge is 0.357 e. The second kappa shape index (κ2) is 12.7. The Labute approximate surface area is 216 Å². The molecule has 0 saturated heterocycles. The number of anilines is 1. The zero-order valence-electron chi connectivity index (χ0n) is 18.7. The van der Waals surface area contributed by atoms with E-state index in [-0.39, 0.29) is 35.8 Å². The number of nitrogens with zero attached hydrogens (tertiary/aromatic N) is 2. The zero-order valence-corrected chi connectivity index (χ0v) is 21.9. The van der Waals surface area contributed by atoms with Crippen LogP contribution in [-0.2, 0) is 24.2 Å². The maximum Gasteiger partial charge on any atom is 0.225 e. The highest BCUT2D eigenvalue weighted by Gasteiger charge is 2.24. The molecule has 3 N–H and O–H groups in total. The minimum Gasteiger partial charge on any atom is -0.357 e. The van der Waals surface area contributed by atoms with Crippen molar-refractivity contribution in [3.8, 4) is 0 Å². The fourth-order valence-electron chi connectivity index (χ4n) is 3.84. The van der Waals surface area contributed by atoms with Crippen LogP contribution < -0.4 is 16.0 Å². The fraction of sp³-hybridized carbons (Fsp3) is 0.320. The predicted octanol–water partition coefficient (Wildman–Crippen LogP) is 4.73. The molecular weight excluding hydrogens is 545 g/mol. The highest BCUT2D eigenvalue weighted by molar-refractivity contribution is 14.0. The van der Waals surface area contributed by atoms with Gasteiger partial charge in [-0.15, -0.1) is 35.3 Å². The number of aliphatic imine (C=N–C) groups is 1. The molecule has 0 spiro atoms. The number of para-hydroxylation sites is 1. The van der Waals surface area contributed by atoms with Crippen LogP contribution in [0.25, 0.3) is 0 Å². The van der Waals surface area contributed by atoms with Crippen LogP contribution >= 0.6 is 35.3 Å². The summed E-state index contributed by atoms with van der Waals surface area (Å²) in [6.45, 7) is 3.99. The number of guanidine groups is 1. The monoisotopic (exact) mass is 575 g/mol. The molecule has 1 unspecified atom stereocenters. The lowest BCUT2D eigenvalue weighted by atomic mass is 9.90. The number of aromatic nitrogens is 1. The van der Waals surface area contributed by atoms with Crippen molar-refractivity contribution >= 4 is 52.9 Å². The van der Waals surface area contributed by atoms with E-state index in [4.69, 9.17) is 9.98 Å². The first-order valence-electron chi connectivity index (χ1n) is 11.1. The summed E-state index contributed by atoms with van der Waals surface area (Å²) in [7, 11) is 0. The van der Waals surface area contributed by atoms with Crippen molar-refractivity contribution < 1.29 is 4.79 Å². The molecule has 33 heavy (non-hydrogen) atoms. The molecule has 3 aromatic rings. The Hall–Kier alpha value is -2.46. The number of amides is 1. The van der Waals surface area contributed by atoms with E-state index < -0.39 is 0 Å². The molecule has 2 heterocycles. The molecule has 0 saturated carbocycles. The fourth-order valence-corrected chi connectivity index (χ4v) is 4.63. The van der Waals surface area contributed by atoms with Crippen LogP contribution in [0.15, 0.2) is 65.0 Å². The number of hydrogen-bond acceptors (Lipinski definition) is 4. The quantitative estimate of drug-likeness (QED) is 0.206. The van der Waals surface area contributed by atoms with Crippen LogP contribution in [-0.4, -0.2) is 29.9 Å². The van der Waals surface area contributed by atoms with Gasteiger partial charge in [0, 0.05) is 42.9 Å². The van der Waals surface area contributed by atoms with Crippen LogP contribution in [0, 0.1) is 0 Å². The number of fused-ring (bicyclic) bond motifs is 1. The topological polar surface area (TPSA) is 78.4 Å². The molecule has 0 radical (unpaired) electrons. The van der Waals surface area contributed by atoms with Crippen molar-refractivity contribution in [3.63, 3.8) is 0 Å². The van der Waals surface area contributed by atoms with Gasteiger partial charge in [0.2, 0.25) is 5.91 Å². The maximum atomic E-state index is 12.1. The first-order chi connectivity index (χ1) is 15.7. The Morgan fingerprint density at radius 3 is 2.73 bits per heavy atom. The first-order valence-corrected chi connectivity index (χ1v) is 12.0. The normalized spacial score (nSPS) is 15.2. The second-order valence-electron chi connectivity index (χ2n) is 7.83. The Morgan fingerprint density at radius 2 is 1.91 bits per heavy atom. The van der Waals surface area contributed by atoms with Crippen LogP contribution in [0.1, 0.15) is 41.1 Å². The van der Waals surface area contributed by atoms with Gasteiger partial charge in [-0.25, -0.2) is 9.98 Å². The maximum absolute atomic E-state index is 12.1. The van der Waals surface area contributed by atoms with Gasteiger partial charge in [-0.2, -0.15) is 0 Å². The number of hydrogen-bond donors (Lipinski definition) is 3. The number of halogens is 1. The molecule has 4 rings (SSSR count). The highest BCUT2D eigenvalue weighted by Crippen LogP contribution is 2.31. The van der Waals surface area contributed by atoms with Gasteiger partial charge in [0.1, 0.15) is 0 Å². The number of carbonyl (C=O) groups is 1. The Morgan fingerprint density at radius 1 is 1.12 bits per heavy atom. The molecule has 1 aliphatic heterocycles. The molecule has 0 aliphatic carbocycles. The summed E-state index contributed by atoms with van der Waals surface area (Å²) < 4.78 is 0. The summed E-state index contributed by atoms with van der Waals surface area (Å²) in [5.74, 6) is 0.922. The highest BCUT2D eigenvalue weighted by atomic mass is 127. The summed E-state index contributed by atoms with van der Waals surface area (Å²) >= 11 is 1.70. The van der Waals surface area contributed by atoms with E-state index in [1.807, 2.05) is 31.2 Å². The molecule has 2 aromatic carbocycles. The van der Waals surface area contributed by atoms with E-state index in [0.29, 0.717) is 19.5 Å². The average molecular weight is 576 g/mol. The van der Waals surface area contributed by atoms with Crippen molar-refractivity contribution in [2.24, 2.45) is 4.99 Å². The van der Waals surface area contributed by atoms with Crippen molar-refractivity contribution in [1.29, 1.82) is 0 Å². The number of aryl methyl sites for hydroxylation is 2. The zero-order chi connectivity index (χ0) is 22.2. The molecule has 8 heteroatoms. The third-order valence-corrected chi connectivity index (χ3v) is 6.39. The minimum atomic E-state index is 0. The van der Waals surface area contributed by atoms with E-state index in [9.17, 15) is 4.79 Å². The number of thiazole rings is 1. The molecule has 6 nitrogen and oxygen atoms in total. The lowest BCUT2D eigenvalue weighted by Crippen LogP contribution is -2.40.